The van der Waals surface area contributed by atoms with Crippen molar-refractivity contribution in [3.05, 3.63) is 30.1 Å². The van der Waals surface area contributed by atoms with Gasteiger partial charge in [0.05, 0.1) is 11.0 Å². The quantitative estimate of drug-likeness (QED) is 0.668. The van der Waals surface area contributed by atoms with Crippen molar-refractivity contribution in [2.75, 3.05) is 0 Å². The lowest BCUT2D eigenvalue weighted by Crippen LogP contribution is -1.97. The van der Waals surface area contributed by atoms with Crippen LogP contribution >= 0.6 is 0 Å². The van der Waals surface area contributed by atoms with E-state index in [9.17, 15) is 0 Å². The summed E-state index contributed by atoms with van der Waals surface area (Å²) in [5, 5.41) is 4.03. The fraction of sp³-hybridized carbons (Fsp3) is 0.222. The summed E-state index contributed by atoms with van der Waals surface area (Å²) in [6.07, 6.45) is 0. The Hall–Kier alpha value is -1.24. The van der Waals surface area contributed by atoms with Gasteiger partial charge in [0.2, 0.25) is 0 Å². The molecular formula is C9H12N3O2S-. The lowest BCUT2D eigenvalue weighted by molar-refractivity contribution is 0.539. The van der Waals surface area contributed by atoms with E-state index >= 15 is 0 Å². The van der Waals surface area contributed by atoms with E-state index in [0.717, 1.165) is 11.3 Å². The van der Waals surface area contributed by atoms with Gasteiger partial charge in [0.1, 0.15) is 5.82 Å². The molecule has 1 aromatic carbocycles. The molecule has 0 bridgehead atoms. The fourth-order valence-electron chi connectivity index (χ4n) is 1.27. The lowest BCUT2D eigenvalue weighted by Gasteiger charge is -1.93. The number of para-hydroxylation sites is 2. The first kappa shape index (κ1) is 11.8. The second-order valence-corrected chi connectivity index (χ2v) is 3.49. The van der Waals surface area contributed by atoms with Crippen LogP contribution in [0.4, 0.5) is 0 Å². The highest BCUT2D eigenvalue weighted by Crippen LogP contribution is 2.12. The van der Waals surface area contributed by atoms with Crippen LogP contribution in [-0.2, 0) is 18.3 Å². The highest BCUT2D eigenvalue weighted by Gasteiger charge is 2.00. The largest absolute Gasteiger partial charge is 0.760 e. The molecule has 0 fully saturated rings. The number of aromatic nitrogens is 2. The van der Waals surface area contributed by atoms with Crippen molar-refractivity contribution in [1.29, 1.82) is 0 Å². The maximum atomic E-state index is 8.78. The number of benzene rings is 1. The summed E-state index contributed by atoms with van der Waals surface area (Å²) in [5.41, 5.74) is 2.28. The highest BCUT2D eigenvalue weighted by atomic mass is 32.2. The molecule has 1 atom stereocenters. The van der Waals surface area contributed by atoms with Crippen LogP contribution in [0.15, 0.2) is 24.3 Å². The van der Waals surface area contributed by atoms with E-state index in [1.807, 2.05) is 32.2 Å². The number of fused-ring (bicyclic) bond motifs is 1. The van der Waals surface area contributed by atoms with E-state index in [1.165, 1.54) is 5.52 Å². The number of aryl methyl sites for hydroxylation is 2. The van der Waals surface area contributed by atoms with Gasteiger partial charge in [0, 0.05) is 18.3 Å². The smallest absolute Gasteiger partial charge is 0.106 e. The highest BCUT2D eigenvalue weighted by molar-refractivity contribution is 7.76. The van der Waals surface area contributed by atoms with E-state index < -0.39 is 11.3 Å². The summed E-state index contributed by atoms with van der Waals surface area (Å²) in [7, 11) is 2.03. The van der Waals surface area contributed by atoms with Gasteiger partial charge < -0.3 is 9.12 Å². The van der Waals surface area contributed by atoms with Gasteiger partial charge in [0.25, 0.3) is 0 Å². The average molecular weight is 226 g/mol. The monoisotopic (exact) mass is 226 g/mol. The minimum atomic E-state index is -2.36. The molecular weight excluding hydrogens is 214 g/mol. The molecule has 15 heavy (non-hydrogen) atoms. The zero-order chi connectivity index (χ0) is 11.4. The minimum Gasteiger partial charge on any atom is -0.760 e. The third kappa shape index (κ3) is 3.12. The summed E-state index contributed by atoms with van der Waals surface area (Å²) in [6, 6.07) is 8.15. The molecule has 0 aliphatic heterocycles. The van der Waals surface area contributed by atoms with E-state index in [-0.39, 0.29) is 0 Å². The molecule has 0 radical (unpaired) electrons. The minimum absolute atomic E-state index is 1.06. The van der Waals surface area contributed by atoms with Crippen molar-refractivity contribution in [2.45, 2.75) is 6.92 Å². The second kappa shape index (κ2) is 5.01. The molecule has 2 rings (SSSR count). The molecule has 0 aliphatic rings. The molecule has 0 aliphatic carbocycles. The predicted molar refractivity (Wildman–Crippen MR) is 58.6 cm³/mol. The fourth-order valence-corrected chi connectivity index (χ4v) is 1.27. The first-order valence-corrected chi connectivity index (χ1v) is 5.38. The van der Waals surface area contributed by atoms with Crippen LogP contribution < -0.4 is 5.14 Å². The van der Waals surface area contributed by atoms with Crippen molar-refractivity contribution in [2.24, 2.45) is 12.2 Å². The third-order valence-corrected chi connectivity index (χ3v) is 2.01. The van der Waals surface area contributed by atoms with Crippen LogP contribution in [0.1, 0.15) is 5.82 Å². The van der Waals surface area contributed by atoms with Gasteiger partial charge in [0.15, 0.2) is 0 Å². The van der Waals surface area contributed by atoms with Crippen molar-refractivity contribution in [3.8, 4) is 0 Å². The Bertz CT molecular complexity index is 477. The number of hydrogen-bond donors (Lipinski definition) is 1. The topological polar surface area (TPSA) is 84.0 Å². The van der Waals surface area contributed by atoms with Gasteiger partial charge in [-0.2, -0.15) is 0 Å². The molecule has 1 heterocycles. The van der Waals surface area contributed by atoms with Crippen LogP contribution in [0, 0.1) is 6.92 Å². The number of nitrogens with two attached hydrogens (primary N) is 1. The Morgan fingerprint density at radius 1 is 1.47 bits per heavy atom. The van der Waals surface area contributed by atoms with E-state index in [0.29, 0.717) is 0 Å². The summed E-state index contributed by atoms with van der Waals surface area (Å²) >= 11 is -2.36. The second-order valence-electron chi connectivity index (χ2n) is 2.97. The SMILES string of the molecule is Cc1nc2ccccc2n1C.NS(=O)[O-]. The Kier molecular flexibility index (Phi) is 3.96. The first-order chi connectivity index (χ1) is 7.02. The van der Waals surface area contributed by atoms with Gasteiger partial charge in [-0.15, -0.1) is 0 Å². The Labute approximate surface area is 90.3 Å². The molecule has 82 valence electrons. The molecule has 1 unspecified atom stereocenters. The van der Waals surface area contributed by atoms with Crippen LogP contribution in [0.3, 0.4) is 0 Å². The van der Waals surface area contributed by atoms with Crippen LogP contribution in [-0.4, -0.2) is 18.3 Å². The third-order valence-electron chi connectivity index (χ3n) is 2.01. The molecule has 0 saturated carbocycles. The molecule has 2 aromatic rings. The Balaban J connectivity index is 0.000000245. The summed E-state index contributed by atoms with van der Waals surface area (Å²) in [5.74, 6) is 1.06. The average Bonchev–Trinajstić information content (AvgIpc) is 2.43. The predicted octanol–water partition coefficient (Wildman–Crippen LogP) is 0.621. The first-order valence-electron chi connectivity index (χ1n) is 4.24. The van der Waals surface area contributed by atoms with Gasteiger partial charge in [-0.1, -0.05) is 12.1 Å². The molecule has 6 heteroatoms. The normalized spacial score (nSPS) is 12.0. The van der Waals surface area contributed by atoms with Gasteiger partial charge in [-0.3, -0.25) is 9.35 Å². The summed E-state index contributed by atoms with van der Waals surface area (Å²) in [4.78, 5) is 4.38. The van der Waals surface area contributed by atoms with E-state index in [1.54, 1.807) is 0 Å². The van der Waals surface area contributed by atoms with E-state index in [4.69, 9.17) is 8.76 Å². The number of nitrogens with zero attached hydrogens (tertiary/aromatic N) is 2. The maximum absolute atomic E-state index is 8.78. The van der Waals surface area contributed by atoms with E-state index in [2.05, 4.69) is 20.8 Å². The van der Waals surface area contributed by atoms with Crippen LogP contribution in [0.5, 0.6) is 0 Å². The number of rotatable bonds is 0. The molecule has 0 saturated heterocycles. The van der Waals surface area contributed by atoms with Crippen LogP contribution in [0.2, 0.25) is 0 Å². The molecule has 1 aromatic heterocycles. The summed E-state index contributed by atoms with van der Waals surface area (Å²) < 4.78 is 19.6. The maximum Gasteiger partial charge on any atom is 0.106 e. The molecule has 0 spiro atoms. The van der Waals surface area contributed by atoms with Gasteiger partial charge in [-0.05, 0) is 19.1 Å². The standard InChI is InChI=1S/C9H10N2.H3NO2S/c1-7-10-8-5-3-4-6-9(8)11(7)2;1-4(2)3/h3-6H,1-2H3;1H2,(H,2,3)/p-1. The summed E-state index contributed by atoms with van der Waals surface area (Å²) in [6.45, 7) is 2.01. The van der Waals surface area contributed by atoms with Gasteiger partial charge >= 0.3 is 0 Å². The van der Waals surface area contributed by atoms with Crippen molar-refractivity contribution < 1.29 is 8.76 Å². The van der Waals surface area contributed by atoms with Gasteiger partial charge in [-0.25, -0.2) is 4.98 Å². The zero-order valence-electron chi connectivity index (χ0n) is 8.51. The molecule has 0 amide bonds. The van der Waals surface area contributed by atoms with Crippen molar-refractivity contribution in [1.82, 2.24) is 9.55 Å². The number of hydrogen-bond acceptors (Lipinski definition) is 3. The van der Waals surface area contributed by atoms with Crippen molar-refractivity contribution >= 4 is 22.3 Å². The van der Waals surface area contributed by atoms with Crippen molar-refractivity contribution in [3.63, 3.8) is 0 Å². The lowest BCUT2D eigenvalue weighted by atomic mass is 10.3. The Morgan fingerprint density at radius 3 is 2.53 bits per heavy atom. The zero-order valence-corrected chi connectivity index (χ0v) is 9.32. The molecule has 5 nitrogen and oxygen atoms in total. The Morgan fingerprint density at radius 2 is 2.00 bits per heavy atom. The number of imidazole rings is 1. The molecule has 2 N–H and O–H groups in total. The van der Waals surface area contributed by atoms with Crippen LogP contribution in [0.25, 0.3) is 11.0 Å².